The molecule has 2 aromatic heterocycles. The van der Waals surface area contributed by atoms with Crippen LogP contribution in [-0.2, 0) is 0 Å². The van der Waals surface area contributed by atoms with E-state index in [-0.39, 0.29) is 12.1 Å². The zero-order chi connectivity index (χ0) is 18.1. The maximum Gasteiger partial charge on any atom is 0.212 e. The Morgan fingerprint density at radius 2 is 1.88 bits per heavy atom. The summed E-state index contributed by atoms with van der Waals surface area (Å²) in [6.07, 6.45) is 3.13. The molecule has 1 aliphatic rings. The number of pyridine rings is 1. The van der Waals surface area contributed by atoms with Crippen LogP contribution < -0.4 is 10.1 Å². The Balaban J connectivity index is 1.70. The lowest BCUT2D eigenvalue weighted by atomic mass is 9.75. The molecular weight excluding hydrogens is 328 g/mol. The van der Waals surface area contributed by atoms with E-state index in [1.54, 1.807) is 7.11 Å². The second kappa shape index (κ2) is 6.88. The van der Waals surface area contributed by atoms with Crippen LogP contribution in [0.25, 0.3) is 10.8 Å². The largest absolute Gasteiger partial charge is 0.481 e. The van der Waals surface area contributed by atoms with E-state index < -0.39 is 0 Å². The van der Waals surface area contributed by atoms with Gasteiger partial charge < -0.3 is 15.2 Å². The van der Waals surface area contributed by atoms with Crippen LogP contribution in [0.15, 0.2) is 42.6 Å². The van der Waals surface area contributed by atoms with Gasteiger partial charge in [-0.2, -0.15) is 5.10 Å². The summed E-state index contributed by atoms with van der Waals surface area (Å²) in [7, 11) is 1.61. The van der Waals surface area contributed by atoms with Crippen molar-refractivity contribution in [2.75, 3.05) is 12.4 Å². The van der Waals surface area contributed by atoms with E-state index in [9.17, 15) is 5.11 Å². The predicted octanol–water partition coefficient (Wildman–Crippen LogP) is 3.27. The van der Waals surface area contributed by atoms with Gasteiger partial charge in [0, 0.05) is 23.0 Å². The summed E-state index contributed by atoms with van der Waals surface area (Å²) >= 11 is 0. The van der Waals surface area contributed by atoms with Gasteiger partial charge >= 0.3 is 0 Å². The Morgan fingerprint density at radius 1 is 1.12 bits per heavy atom. The van der Waals surface area contributed by atoms with Crippen molar-refractivity contribution in [2.45, 2.75) is 31.9 Å². The third-order valence-electron chi connectivity index (χ3n) is 5.11. The van der Waals surface area contributed by atoms with Crippen LogP contribution in [0.4, 0.5) is 5.82 Å². The second-order valence-electron chi connectivity index (χ2n) is 6.82. The second-order valence-corrected chi connectivity index (χ2v) is 6.82. The van der Waals surface area contributed by atoms with Gasteiger partial charge in [-0.1, -0.05) is 30.3 Å². The molecule has 0 aliphatic heterocycles. The fourth-order valence-corrected chi connectivity index (χ4v) is 3.56. The van der Waals surface area contributed by atoms with Gasteiger partial charge in [0.1, 0.15) is 0 Å². The van der Waals surface area contributed by atoms with Crippen LogP contribution in [0, 0.1) is 12.8 Å². The summed E-state index contributed by atoms with van der Waals surface area (Å²) < 4.78 is 5.16. The van der Waals surface area contributed by atoms with Crippen LogP contribution in [0.1, 0.15) is 30.1 Å². The number of fused-ring (bicyclic) bond motifs is 1. The smallest absolute Gasteiger partial charge is 0.212 e. The molecular formula is C20H22N4O2. The summed E-state index contributed by atoms with van der Waals surface area (Å²) in [5.74, 6) is 1.66. The van der Waals surface area contributed by atoms with E-state index in [1.165, 1.54) is 0 Å². The third kappa shape index (κ3) is 3.08. The minimum absolute atomic E-state index is 0.0113. The summed E-state index contributed by atoms with van der Waals surface area (Å²) in [5.41, 5.74) is 1.96. The molecule has 26 heavy (non-hydrogen) atoms. The lowest BCUT2D eigenvalue weighted by Crippen LogP contribution is -2.36. The fourth-order valence-electron chi connectivity index (χ4n) is 3.56. The number of aryl methyl sites for hydroxylation is 1. The van der Waals surface area contributed by atoms with Crippen molar-refractivity contribution >= 4 is 16.6 Å². The van der Waals surface area contributed by atoms with Gasteiger partial charge in [0.2, 0.25) is 5.88 Å². The number of benzene rings is 1. The lowest BCUT2D eigenvalue weighted by Gasteiger charge is -2.38. The van der Waals surface area contributed by atoms with Gasteiger partial charge in [-0.05, 0) is 31.2 Å². The number of nitrogens with zero attached hydrogens (tertiary/aromatic N) is 3. The van der Waals surface area contributed by atoms with Crippen molar-refractivity contribution in [3.8, 4) is 5.88 Å². The molecule has 2 heterocycles. The zero-order valence-corrected chi connectivity index (χ0v) is 14.9. The number of methoxy groups -OCH3 is 1. The topological polar surface area (TPSA) is 80.2 Å². The highest BCUT2D eigenvalue weighted by atomic mass is 16.5. The minimum atomic E-state index is -0.226. The van der Waals surface area contributed by atoms with E-state index in [0.717, 1.165) is 40.7 Å². The van der Waals surface area contributed by atoms with Crippen LogP contribution in [0.5, 0.6) is 5.88 Å². The highest BCUT2D eigenvalue weighted by molar-refractivity contribution is 5.93. The molecule has 0 radical (unpaired) electrons. The molecule has 1 fully saturated rings. The molecule has 3 aromatic rings. The van der Waals surface area contributed by atoms with Crippen molar-refractivity contribution < 1.29 is 9.84 Å². The normalized spacial score (nSPS) is 20.4. The van der Waals surface area contributed by atoms with Crippen LogP contribution >= 0.6 is 0 Å². The molecule has 6 nitrogen and oxygen atoms in total. The third-order valence-corrected chi connectivity index (χ3v) is 5.11. The molecule has 0 saturated heterocycles. The van der Waals surface area contributed by atoms with Crippen LogP contribution in [0.2, 0.25) is 0 Å². The first-order valence-corrected chi connectivity index (χ1v) is 8.82. The van der Waals surface area contributed by atoms with E-state index in [0.29, 0.717) is 11.8 Å². The highest BCUT2D eigenvalue weighted by Gasteiger charge is 2.35. The zero-order valence-electron chi connectivity index (χ0n) is 14.9. The fraction of sp³-hybridized carbons (Fsp3) is 0.350. The van der Waals surface area contributed by atoms with Crippen LogP contribution in [-0.4, -0.2) is 33.5 Å². The van der Waals surface area contributed by atoms with E-state index in [4.69, 9.17) is 4.74 Å². The maximum absolute atomic E-state index is 9.78. The molecule has 0 amide bonds. The number of aliphatic hydroxyl groups excluding tert-OH is 1. The van der Waals surface area contributed by atoms with E-state index in [2.05, 4.69) is 32.6 Å². The number of anilines is 1. The monoisotopic (exact) mass is 350 g/mol. The van der Waals surface area contributed by atoms with Crippen molar-refractivity contribution in [3.63, 3.8) is 0 Å². The predicted molar refractivity (Wildman–Crippen MR) is 100 cm³/mol. The molecule has 2 N–H and O–H groups in total. The minimum Gasteiger partial charge on any atom is -0.481 e. The van der Waals surface area contributed by atoms with Crippen molar-refractivity contribution in [1.29, 1.82) is 0 Å². The van der Waals surface area contributed by atoms with Gasteiger partial charge in [0.15, 0.2) is 5.82 Å². The summed E-state index contributed by atoms with van der Waals surface area (Å²) in [4.78, 5) is 4.34. The number of aliphatic hydroxyl groups is 1. The molecule has 0 spiro atoms. The van der Waals surface area contributed by atoms with E-state index >= 15 is 0 Å². The van der Waals surface area contributed by atoms with Gasteiger partial charge in [0.25, 0.3) is 0 Å². The number of ether oxygens (including phenoxy) is 1. The first-order valence-electron chi connectivity index (χ1n) is 8.82. The molecule has 0 unspecified atom stereocenters. The highest BCUT2D eigenvalue weighted by Crippen LogP contribution is 2.40. The SMILES string of the molecule is COc1ccc([C@@H](Nc2nnc(C)c3ccccc23)C2CC(O)C2)cn1. The summed E-state index contributed by atoms with van der Waals surface area (Å²) in [5, 5.41) is 24.2. The first kappa shape index (κ1) is 16.7. The number of nitrogens with one attached hydrogen (secondary N) is 1. The van der Waals surface area contributed by atoms with E-state index in [1.807, 2.05) is 37.4 Å². The number of aromatic nitrogens is 3. The summed E-state index contributed by atoms with van der Waals surface area (Å²) in [6.45, 7) is 1.96. The number of hydrogen-bond acceptors (Lipinski definition) is 6. The van der Waals surface area contributed by atoms with Gasteiger partial charge in [-0.25, -0.2) is 4.98 Å². The Hall–Kier alpha value is -2.73. The van der Waals surface area contributed by atoms with Gasteiger partial charge in [0.05, 0.1) is 24.9 Å². The molecule has 1 aliphatic carbocycles. The molecule has 134 valence electrons. The lowest BCUT2D eigenvalue weighted by molar-refractivity contribution is 0.0339. The Labute approximate surface area is 152 Å². The first-order chi connectivity index (χ1) is 12.7. The average Bonchev–Trinajstić information content (AvgIpc) is 2.66. The van der Waals surface area contributed by atoms with Gasteiger partial charge in [-0.3, -0.25) is 0 Å². The molecule has 0 bridgehead atoms. The Morgan fingerprint density at radius 3 is 2.54 bits per heavy atom. The van der Waals surface area contributed by atoms with Crippen molar-refractivity contribution in [1.82, 2.24) is 15.2 Å². The Kier molecular flexibility index (Phi) is 4.42. The molecule has 6 heteroatoms. The molecule has 1 aromatic carbocycles. The average molecular weight is 350 g/mol. The number of rotatable bonds is 5. The maximum atomic E-state index is 9.78. The quantitative estimate of drug-likeness (QED) is 0.735. The summed E-state index contributed by atoms with van der Waals surface area (Å²) in [6, 6.07) is 12.0. The Bertz CT molecular complexity index is 907. The van der Waals surface area contributed by atoms with Crippen LogP contribution in [0.3, 0.4) is 0 Å². The molecule has 1 atom stereocenters. The van der Waals surface area contributed by atoms with Crippen molar-refractivity contribution in [2.24, 2.45) is 5.92 Å². The number of hydrogen-bond donors (Lipinski definition) is 2. The molecule has 4 rings (SSSR count). The standard InChI is InChI=1S/C20H22N4O2/c1-12-16-5-3-4-6-17(16)20(24-23-12)22-19(14-9-15(25)10-14)13-7-8-18(26-2)21-11-13/h3-8,11,14-15,19,25H,9-10H2,1-2H3,(H,22,24)/t14?,15?,19-/m1/s1. The molecule has 1 saturated carbocycles. The van der Waals surface area contributed by atoms with Crippen molar-refractivity contribution in [3.05, 3.63) is 53.9 Å². The van der Waals surface area contributed by atoms with Gasteiger partial charge in [-0.15, -0.1) is 5.10 Å².